The van der Waals surface area contributed by atoms with Crippen molar-refractivity contribution in [3.05, 3.63) is 64.7 Å². The quantitative estimate of drug-likeness (QED) is 0.406. The van der Waals surface area contributed by atoms with Crippen LogP contribution in [0, 0.1) is 0 Å². The smallest absolute Gasteiger partial charge is 0.338 e. The maximum atomic E-state index is 11.9. The molecule has 0 amide bonds. The number of hydrogen-bond donors (Lipinski definition) is 1. The third-order valence-corrected chi connectivity index (χ3v) is 3.03. The van der Waals surface area contributed by atoms with Crippen LogP contribution in [-0.2, 0) is 9.53 Å². The summed E-state index contributed by atoms with van der Waals surface area (Å²) in [5, 5.41) is 0.613. The van der Waals surface area contributed by atoms with Crippen LogP contribution in [0.4, 0.5) is 5.69 Å². The highest BCUT2D eigenvalue weighted by Gasteiger charge is 2.12. The molecule has 0 saturated heterocycles. The number of benzene rings is 2. The second-order valence-electron chi connectivity index (χ2n) is 4.23. The SMILES string of the molecule is COC(=O)/C(=C/c1cccc(N)c1)c1ccc(Cl)cc1. The van der Waals surface area contributed by atoms with Crippen LogP contribution in [0.25, 0.3) is 11.6 Å². The molecule has 0 aromatic heterocycles. The lowest BCUT2D eigenvalue weighted by molar-refractivity contribution is -0.133. The van der Waals surface area contributed by atoms with Crippen LogP contribution in [0.2, 0.25) is 5.02 Å². The van der Waals surface area contributed by atoms with Crippen LogP contribution in [0.5, 0.6) is 0 Å². The van der Waals surface area contributed by atoms with Crippen LogP contribution >= 0.6 is 11.6 Å². The number of ether oxygens (including phenoxy) is 1. The Kier molecular flexibility index (Phi) is 4.43. The molecule has 0 aliphatic rings. The standard InChI is InChI=1S/C16H14ClNO2/c1-20-16(19)15(12-5-7-13(17)8-6-12)10-11-3-2-4-14(18)9-11/h2-10H,18H2,1H3/b15-10+. The number of anilines is 1. The van der Waals surface area contributed by atoms with Gasteiger partial charge in [-0.05, 0) is 41.5 Å². The molecule has 0 bridgehead atoms. The van der Waals surface area contributed by atoms with E-state index in [9.17, 15) is 4.79 Å². The highest BCUT2D eigenvalue weighted by molar-refractivity contribution is 6.30. The molecule has 0 fully saturated rings. The fourth-order valence-corrected chi connectivity index (χ4v) is 1.94. The van der Waals surface area contributed by atoms with E-state index in [0.29, 0.717) is 16.3 Å². The molecule has 0 aliphatic carbocycles. The number of nitrogen functional groups attached to an aromatic ring is 1. The Morgan fingerprint density at radius 1 is 1.20 bits per heavy atom. The summed E-state index contributed by atoms with van der Waals surface area (Å²) in [5.74, 6) is -0.408. The van der Waals surface area contributed by atoms with Crippen molar-refractivity contribution in [2.45, 2.75) is 0 Å². The van der Waals surface area contributed by atoms with Gasteiger partial charge < -0.3 is 10.5 Å². The van der Waals surface area contributed by atoms with Gasteiger partial charge in [0.15, 0.2) is 0 Å². The second-order valence-corrected chi connectivity index (χ2v) is 4.66. The van der Waals surface area contributed by atoms with Crippen molar-refractivity contribution in [3.63, 3.8) is 0 Å². The highest BCUT2D eigenvalue weighted by atomic mass is 35.5. The zero-order chi connectivity index (χ0) is 14.5. The molecule has 0 spiro atoms. The van der Waals surface area contributed by atoms with E-state index in [2.05, 4.69) is 0 Å². The predicted molar refractivity (Wildman–Crippen MR) is 82.2 cm³/mol. The molecule has 2 N–H and O–H groups in total. The summed E-state index contributed by atoms with van der Waals surface area (Å²) in [7, 11) is 1.35. The Hall–Kier alpha value is -2.26. The average Bonchev–Trinajstić information content (AvgIpc) is 2.45. The Balaban J connectivity index is 2.47. The molecule has 0 saturated carbocycles. The predicted octanol–water partition coefficient (Wildman–Crippen LogP) is 3.64. The van der Waals surface area contributed by atoms with Crippen molar-refractivity contribution in [1.29, 1.82) is 0 Å². The minimum Gasteiger partial charge on any atom is -0.465 e. The highest BCUT2D eigenvalue weighted by Crippen LogP contribution is 2.22. The van der Waals surface area contributed by atoms with Gasteiger partial charge in [0.1, 0.15) is 0 Å². The van der Waals surface area contributed by atoms with E-state index >= 15 is 0 Å². The number of halogens is 1. The maximum Gasteiger partial charge on any atom is 0.338 e. The number of carbonyl (C=O) groups excluding carboxylic acids is 1. The van der Waals surface area contributed by atoms with E-state index in [1.54, 1.807) is 42.5 Å². The van der Waals surface area contributed by atoms with E-state index in [-0.39, 0.29) is 0 Å². The summed E-state index contributed by atoms with van der Waals surface area (Å²) in [6.45, 7) is 0. The first-order valence-electron chi connectivity index (χ1n) is 6.01. The van der Waals surface area contributed by atoms with Crippen LogP contribution in [-0.4, -0.2) is 13.1 Å². The summed E-state index contributed by atoms with van der Waals surface area (Å²) in [6.07, 6.45) is 1.74. The lowest BCUT2D eigenvalue weighted by Gasteiger charge is -2.06. The van der Waals surface area contributed by atoms with Crippen molar-refractivity contribution < 1.29 is 9.53 Å². The zero-order valence-corrected chi connectivity index (χ0v) is 11.7. The summed E-state index contributed by atoms with van der Waals surface area (Å²) < 4.78 is 4.83. The van der Waals surface area contributed by atoms with Crippen molar-refractivity contribution in [1.82, 2.24) is 0 Å². The van der Waals surface area contributed by atoms with Crippen LogP contribution in [0.15, 0.2) is 48.5 Å². The third kappa shape index (κ3) is 3.39. The number of nitrogens with two attached hydrogens (primary N) is 1. The molecule has 0 unspecified atom stereocenters. The fourth-order valence-electron chi connectivity index (χ4n) is 1.81. The van der Waals surface area contributed by atoms with Gasteiger partial charge in [-0.3, -0.25) is 0 Å². The summed E-state index contributed by atoms with van der Waals surface area (Å²) in [4.78, 5) is 11.9. The first-order chi connectivity index (χ1) is 9.60. The van der Waals surface area contributed by atoms with Gasteiger partial charge in [0, 0.05) is 10.7 Å². The van der Waals surface area contributed by atoms with Gasteiger partial charge in [0.05, 0.1) is 12.7 Å². The molecule has 3 nitrogen and oxygen atoms in total. The number of carbonyl (C=O) groups is 1. The Bertz CT molecular complexity index is 648. The number of esters is 1. The van der Waals surface area contributed by atoms with Crippen molar-refractivity contribution in [2.24, 2.45) is 0 Å². The van der Waals surface area contributed by atoms with E-state index < -0.39 is 5.97 Å². The van der Waals surface area contributed by atoms with Crippen molar-refractivity contribution >= 4 is 34.9 Å². The fraction of sp³-hybridized carbons (Fsp3) is 0.0625. The topological polar surface area (TPSA) is 52.3 Å². The summed E-state index contributed by atoms with van der Waals surface area (Å²) in [5.41, 5.74) is 8.40. The van der Waals surface area contributed by atoms with Gasteiger partial charge in [0.25, 0.3) is 0 Å². The van der Waals surface area contributed by atoms with Crippen LogP contribution < -0.4 is 5.73 Å². The van der Waals surface area contributed by atoms with E-state index in [0.717, 1.165) is 11.1 Å². The monoisotopic (exact) mass is 287 g/mol. The molecule has 2 aromatic carbocycles. The molecule has 0 aliphatic heterocycles. The number of hydrogen-bond acceptors (Lipinski definition) is 3. The van der Waals surface area contributed by atoms with Gasteiger partial charge in [-0.2, -0.15) is 0 Å². The molecule has 2 aromatic rings. The van der Waals surface area contributed by atoms with Gasteiger partial charge in [-0.25, -0.2) is 4.79 Å². The number of methoxy groups -OCH3 is 1. The van der Waals surface area contributed by atoms with E-state index in [4.69, 9.17) is 22.1 Å². The number of rotatable bonds is 3. The Labute approximate surface area is 122 Å². The van der Waals surface area contributed by atoms with E-state index in [1.165, 1.54) is 7.11 Å². The molecule has 0 radical (unpaired) electrons. The van der Waals surface area contributed by atoms with Crippen LogP contribution in [0.3, 0.4) is 0 Å². The third-order valence-electron chi connectivity index (χ3n) is 2.78. The molecule has 0 heterocycles. The van der Waals surface area contributed by atoms with Gasteiger partial charge in [-0.1, -0.05) is 35.9 Å². The molecule has 2 rings (SSSR count). The van der Waals surface area contributed by atoms with Gasteiger partial charge in [-0.15, -0.1) is 0 Å². The molecule has 20 heavy (non-hydrogen) atoms. The zero-order valence-electron chi connectivity index (χ0n) is 11.0. The lowest BCUT2D eigenvalue weighted by atomic mass is 10.0. The van der Waals surface area contributed by atoms with Gasteiger partial charge in [0.2, 0.25) is 0 Å². The first kappa shape index (κ1) is 14.2. The Morgan fingerprint density at radius 2 is 1.90 bits per heavy atom. The molecular weight excluding hydrogens is 274 g/mol. The molecule has 102 valence electrons. The average molecular weight is 288 g/mol. The summed E-state index contributed by atoms with van der Waals surface area (Å²) >= 11 is 5.86. The Morgan fingerprint density at radius 3 is 2.50 bits per heavy atom. The normalized spacial score (nSPS) is 11.2. The largest absolute Gasteiger partial charge is 0.465 e. The minimum absolute atomic E-state index is 0.408. The summed E-state index contributed by atoms with van der Waals surface area (Å²) in [6, 6.07) is 14.3. The molecule has 4 heteroatoms. The van der Waals surface area contributed by atoms with Gasteiger partial charge >= 0.3 is 5.97 Å². The maximum absolute atomic E-state index is 11.9. The second kappa shape index (κ2) is 6.26. The van der Waals surface area contributed by atoms with Crippen LogP contribution in [0.1, 0.15) is 11.1 Å². The van der Waals surface area contributed by atoms with Crippen molar-refractivity contribution in [2.75, 3.05) is 12.8 Å². The van der Waals surface area contributed by atoms with E-state index in [1.807, 2.05) is 12.1 Å². The lowest BCUT2D eigenvalue weighted by Crippen LogP contribution is -2.03. The van der Waals surface area contributed by atoms with Crippen molar-refractivity contribution in [3.8, 4) is 0 Å². The molecule has 0 atom stereocenters. The molecular formula is C16H14ClNO2. The minimum atomic E-state index is -0.408. The first-order valence-corrected chi connectivity index (χ1v) is 6.39.